The van der Waals surface area contributed by atoms with Gasteiger partial charge in [0.2, 0.25) is 11.1 Å². The molecule has 24 heavy (non-hydrogen) atoms. The number of anilines is 1. The van der Waals surface area contributed by atoms with Crippen LogP contribution >= 0.6 is 34.4 Å². The molecule has 3 rings (SSSR count). The average molecular weight is 451 g/mol. The van der Waals surface area contributed by atoms with E-state index in [-0.39, 0.29) is 11.7 Å². The number of nitrogens with zero attached hydrogens (tertiary/aromatic N) is 4. The highest BCUT2D eigenvalue weighted by molar-refractivity contribution is 14.1. The summed E-state index contributed by atoms with van der Waals surface area (Å²) in [5, 5.41) is 15.2. The Labute approximate surface area is 157 Å². The molecule has 1 N–H and O–H groups in total. The van der Waals surface area contributed by atoms with E-state index < -0.39 is 0 Å². The predicted octanol–water partition coefficient (Wildman–Crippen LogP) is 3.31. The van der Waals surface area contributed by atoms with Crippen LogP contribution in [0.1, 0.15) is 5.56 Å². The number of hydrogen-bond acceptors (Lipinski definition) is 5. The standard InChI is InChI=1S/C16H14IN5OS/c1-11-6-2-5-9-14(11)22-16(19-20-21-22)24-10-15(23)18-13-8-4-3-7-12(13)17/h2-9H,10H2,1H3,(H,18,23). The fraction of sp³-hybridized carbons (Fsp3) is 0.125. The molecule has 0 aliphatic rings. The zero-order valence-corrected chi connectivity index (χ0v) is 15.8. The number of carbonyl (C=O) groups is 1. The van der Waals surface area contributed by atoms with Crippen molar-refractivity contribution in [2.24, 2.45) is 0 Å². The van der Waals surface area contributed by atoms with E-state index in [9.17, 15) is 4.79 Å². The van der Waals surface area contributed by atoms with Gasteiger partial charge in [0.05, 0.1) is 17.1 Å². The predicted molar refractivity (Wildman–Crippen MR) is 102 cm³/mol. The van der Waals surface area contributed by atoms with Gasteiger partial charge < -0.3 is 5.32 Å². The summed E-state index contributed by atoms with van der Waals surface area (Å²) in [5.74, 6) is 0.139. The van der Waals surface area contributed by atoms with Crippen LogP contribution in [0.25, 0.3) is 5.69 Å². The normalized spacial score (nSPS) is 10.6. The summed E-state index contributed by atoms with van der Waals surface area (Å²) in [6.07, 6.45) is 0. The van der Waals surface area contributed by atoms with Gasteiger partial charge in [-0.3, -0.25) is 4.79 Å². The molecule has 0 saturated heterocycles. The molecule has 0 fully saturated rings. The van der Waals surface area contributed by atoms with Crippen molar-refractivity contribution < 1.29 is 4.79 Å². The molecular formula is C16H14IN5OS. The molecule has 0 atom stereocenters. The average Bonchev–Trinajstić information content (AvgIpc) is 3.04. The number of halogens is 1. The minimum Gasteiger partial charge on any atom is -0.324 e. The second-order valence-electron chi connectivity index (χ2n) is 4.98. The molecule has 3 aromatic rings. The van der Waals surface area contributed by atoms with Crippen LogP contribution in [-0.2, 0) is 4.79 Å². The maximum atomic E-state index is 12.2. The third-order valence-corrected chi connectivity index (χ3v) is 5.12. The van der Waals surface area contributed by atoms with E-state index in [1.807, 2.05) is 55.5 Å². The molecule has 0 radical (unpaired) electrons. The summed E-state index contributed by atoms with van der Waals surface area (Å²) in [5.41, 5.74) is 2.78. The number of tetrazole rings is 1. The maximum Gasteiger partial charge on any atom is 0.234 e. The number of benzene rings is 2. The second kappa shape index (κ2) is 7.75. The Morgan fingerprint density at radius 2 is 1.96 bits per heavy atom. The van der Waals surface area contributed by atoms with Crippen molar-refractivity contribution in [2.75, 3.05) is 11.1 Å². The van der Waals surface area contributed by atoms with Crippen LogP contribution in [0.4, 0.5) is 5.69 Å². The van der Waals surface area contributed by atoms with E-state index >= 15 is 0 Å². The molecule has 0 aliphatic carbocycles. The van der Waals surface area contributed by atoms with Gasteiger partial charge in [0, 0.05) is 3.57 Å². The Kier molecular flexibility index (Phi) is 5.46. The summed E-state index contributed by atoms with van der Waals surface area (Å²) in [6, 6.07) is 15.5. The van der Waals surface area contributed by atoms with Gasteiger partial charge in [-0.2, -0.15) is 4.68 Å². The SMILES string of the molecule is Cc1ccccc1-n1nnnc1SCC(=O)Nc1ccccc1I. The first-order valence-corrected chi connectivity index (χ1v) is 9.23. The summed E-state index contributed by atoms with van der Waals surface area (Å²) >= 11 is 3.49. The van der Waals surface area contributed by atoms with E-state index in [1.54, 1.807) is 4.68 Å². The van der Waals surface area contributed by atoms with E-state index in [0.717, 1.165) is 20.5 Å². The highest BCUT2D eigenvalue weighted by Gasteiger charge is 2.13. The molecule has 0 bridgehead atoms. The third-order valence-electron chi connectivity index (χ3n) is 3.26. The fourth-order valence-electron chi connectivity index (χ4n) is 2.10. The lowest BCUT2D eigenvalue weighted by molar-refractivity contribution is -0.113. The lowest BCUT2D eigenvalue weighted by Gasteiger charge is -2.08. The van der Waals surface area contributed by atoms with Crippen molar-refractivity contribution >= 4 is 45.9 Å². The zero-order chi connectivity index (χ0) is 16.9. The van der Waals surface area contributed by atoms with E-state index in [4.69, 9.17) is 0 Å². The lowest BCUT2D eigenvalue weighted by Crippen LogP contribution is -2.15. The van der Waals surface area contributed by atoms with Crippen LogP contribution in [0, 0.1) is 10.5 Å². The largest absolute Gasteiger partial charge is 0.324 e. The Balaban J connectivity index is 1.68. The summed E-state index contributed by atoms with van der Waals surface area (Å²) < 4.78 is 2.65. The summed E-state index contributed by atoms with van der Waals surface area (Å²) in [6.45, 7) is 2.00. The highest BCUT2D eigenvalue weighted by Crippen LogP contribution is 2.21. The number of carbonyl (C=O) groups excluding carboxylic acids is 1. The number of amides is 1. The molecule has 1 amide bonds. The van der Waals surface area contributed by atoms with E-state index in [0.29, 0.717) is 5.16 Å². The smallest absolute Gasteiger partial charge is 0.234 e. The maximum absolute atomic E-state index is 12.2. The van der Waals surface area contributed by atoms with Crippen LogP contribution in [0.3, 0.4) is 0 Å². The van der Waals surface area contributed by atoms with E-state index in [1.165, 1.54) is 11.8 Å². The highest BCUT2D eigenvalue weighted by atomic mass is 127. The lowest BCUT2D eigenvalue weighted by atomic mass is 10.2. The minimum atomic E-state index is -0.0940. The zero-order valence-electron chi connectivity index (χ0n) is 12.8. The number of aryl methyl sites for hydroxylation is 1. The number of thioether (sulfide) groups is 1. The van der Waals surface area contributed by atoms with Gasteiger partial charge in [-0.05, 0) is 63.7 Å². The van der Waals surface area contributed by atoms with Crippen molar-refractivity contribution in [1.82, 2.24) is 20.2 Å². The monoisotopic (exact) mass is 451 g/mol. The molecule has 2 aromatic carbocycles. The van der Waals surface area contributed by atoms with Gasteiger partial charge >= 0.3 is 0 Å². The van der Waals surface area contributed by atoms with Gasteiger partial charge in [0.25, 0.3) is 0 Å². The van der Waals surface area contributed by atoms with Gasteiger partial charge in [-0.15, -0.1) is 5.10 Å². The van der Waals surface area contributed by atoms with Crippen molar-refractivity contribution in [1.29, 1.82) is 0 Å². The van der Waals surface area contributed by atoms with Gasteiger partial charge in [0.1, 0.15) is 0 Å². The van der Waals surface area contributed by atoms with Crippen molar-refractivity contribution in [3.8, 4) is 5.69 Å². The van der Waals surface area contributed by atoms with Crippen molar-refractivity contribution in [3.05, 3.63) is 57.7 Å². The molecule has 6 nitrogen and oxygen atoms in total. The summed E-state index contributed by atoms with van der Waals surface area (Å²) in [7, 11) is 0. The molecule has 0 saturated carbocycles. The first kappa shape index (κ1) is 16.9. The van der Waals surface area contributed by atoms with Crippen molar-refractivity contribution in [3.63, 3.8) is 0 Å². The molecule has 1 heterocycles. The van der Waals surface area contributed by atoms with Gasteiger partial charge in [-0.25, -0.2) is 0 Å². The molecule has 1 aromatic heterocycles. The summed E-state index contributed by atoms with van der Waals surface area (Å²) in [4.78, 5) is 12.2. The molecule has 0 unspecified atom stereocenters. The second-order valence-corrected chi connectivity index (χ2v) is 7.08. The van der Waals surface area contributed by atoms with Crippen molar-refractivity contribution in [2.45, 2.75) is 12.1 Å². The van der Waals surface area contributed by atoms with Crippen LogP contribution < -0.4 is 5.32 Å². The number of hydrogen-bond donors (Lipinski definition) is 1. The molecule has 0 spiro atoms. The number of nitrogens with one attached hydrogen (secondary N) is 1. The molecule has 0 aliphatic heterocycles. The fourth-order valence-corrected chi connectivity index (χ4v) is 3.31. The van der Waals surface area contributed by atoms with Crippen LogP contribution in [-0.4, -0.2) is 31.9 Å². The quantitative estimate of drug-likeness (QED) is 0.476. The van der Waals surface area contributed by atoms with Gasteiger partial charge in [0.15, 0.2) is 0 Å². The third kappa shape index (κ3) is 3.93. The van der Waals surface area contributed by atoms with Crippen LogP contribution in [0.15, 0.2) is 53.7 Å². The first-order valence-electron chi connectivity index (χ1n) is 7.16. The van der Waals surface area contributed by atoms with Gasteiger partial charge in [-0.1, -0.05) is 42.1 Å². The number of aromatic nitrogens is 4. The minimum absolute atomic E-state index is 0.0940. The Morgan fingerprint density at radius 3 is 2.75 bits per heavy atom. The Bertz CT molecular complexity index is 867. The first-order chi connectivity index (χ1) is 11.6. The topological polar surface area (TPSA) is 72.7 Å². The number of rotatable bonds is 5. The molecular weight excluding hydrogens is 437 g/mol. The molecule has 8 heteroatoms. The van der Waals surface area contributed by atoms with Crippen LogP contribution in [0.2, 0.25) is 0 Å². The van der Waals surface area contributed by atoms with Crippen LogP contribution in [0.5, 0.6) is 0 Å². The molecule has 122 valence electrons. The Morgan fingerprint density at radius 1 is 1.21 bits per heavy atom. The number of para-hydroxylation sites is 2. The Hall–Kier alpha value is -1.94. The van der Waals surface area contributed by atoms with E-state index in [2.05, 4.69) is 43.4 Å².